The van der Waals surface area contributed by atoms with E-state index in [2.05, 4.69) is 15.3 Å². The van der Waals surface area contributed by atoms with Crippen molar-refractivity contribution < 1.29 is 9.72 Å². The second kappa shape index (κ2) is 9.09. The minimum absolute atomic E-state index is 0.0515. The van der Waals surface area contributed by atoms with Gasteiger partial charge in [0.1, 0.15) is 5.03 Å². The summed E-state index contributed by atoms with van der Waals surface area (Å²) in [6.07, 6.45) is 5.93. The van der Waals surface area contributed by atoms with Gasteiger partial charge in [-0.3, -0.25) is 24.5 Å². The van der Waals surface area contributed by atoms with Gasteiger partial charge in [0.25, 0.3) is 5.69 Å². The fourth-order valence-corrected chi connectivity index (χ4v) is 4.44. The number of hydrogen-bond acceptors (Lipinski definition) is 7. The first kappa shape index (κ1) is 20.7. The van der Waals surface area contributed by atoms with Gasteiger partial charge in [-0.15, -0.1) is 0 Å². The van der Waals surface area contributed by atoms with E-state index < -0.39 is 4.92 Å². The number of amides is 1. The Morgan fingerprint density at radius 1 is 1.23 bits per heavy atom. The van der Waals surface area contributed by atoms with Crippen molar-refractivity contribution in [2.75, 3.05) is 11.1 Å². The van der Waals surface area contributed by atoms with Crippen molar-refractivity contribution in [3.05, 3.63) is 86.2 Å². The molecule has 9 nitrogen and oxygen atoms in total. The molecule has 1 aromatic carbocycles. The highest BCUT2D eigenvalue weighted by atomic mass is 32.2. The molecule has 0 unspecified atom stereocenters. The zero-order valence-electron chi connectivity index (χ0n) is 16.5. The predicted molar refractivity (Wildman–Crippen MR) is 116 cm³/mol. The molecule has 2 aromatic heterocycles. The van der Waals surface area contributed by atoms with E-state index in [1.165, 1.54) is 30.0 Å². The Bertz CT molecular complexity index is 1200. The number of hydrogen-bond donors (Lipinski definition) is 1. The SMILES string of the molecule is O=C(CSc1nc(=O)n(Cc2ccncc2)c2c1CCC2)Nc1cccc([N+](=O)[O-])c1. The second-order valence-corrected chi connectivity index (χ2v) is 8.03. The van der Waals surface area contributed by atoms with Crippen molar-refractivity contribution >= 4 is 29.0 Å². The molecule has 1 aliphatic carbocycles. The Morgan fingerprint density at radius 2 is 2.03 bits per heavy atom. The van der Waals surface area contributed by atoms with E-state index in [9.17, 15) is 19.7 Å². The summed E-state index contributed by atoms with van der Waals surface area (Å²) in [4.78, 5) is 43.6. The van der Waals surface area contributed by atoms with Crippen molar-refractivity contribution in [3.8, 4) is 0 Å². The van der Waals surface area contributed by atoms with Crippen molar-refractivity contribution in [1.82, 2.24) is 14.5 Å². The van der Waals surface area contributed by atoms with Crippen LogP contribution in [0.1, 0.15) is 23.2 Å². The number of fused-ring (bicyclic) bond motifs is 1. The maximum Gasteiger partial charge on any atom is 0.349 e. The molecular weight excluding hydrogens is 418 g/mol. The van der Waals surface area contributed by atoms with Crippen molar-refractivity contribution in [2.24, 2.45) is 0 Å². The normalized spacial score (nSPS) is 12.4. The number of rotatable bonds is 7. The molecular formula is C21H19N5O4S. The molecule has 10 heteroatoms. The van der Waals surface area contributed by atoms with Gasteiger partial charge in [-0.05, 0) is 43.0 Å². The van der Waals surface area contributed by atoms with E-state index in [4.69, 9.17) is 0 Å². The molecule has 0 saturated heterocycles. The maximum atomic E-state index is 12.7. The second-order valence-electron chi connectivity index (χ2n) is 7.06. The average molecular weight is 437 g/mol. The third kappa shape index (κ3) is 4.80. The van der Waals surface area contributed by atoms with Crippen LogP contribution in [-0.2, 0) is 24.2 Å². The molecule has 0 bridgehead atoms. The van der Waals surface area contributed by atoms with Crippen molar-refractivity contribution in [1.29, 1.82) is 0 Å². The predicted octanol–water partition coefficient (Wildman–Crippen LogP) is 2.81. The molecule has 2 heterocycles. The molecule has 0 fully saturated rings. The lowest BCUT2D eigenvalue weighted by Crippen LogP contribution is -2.28. The molecule has 1 aliphatic rings. The van der Waals surface area contributed by atoms with Gasteiger partial charge in [0, 0.05) is 41.5 Å². The molecule has 0 radical (unpaired) electrons. The van der Waals surface area contributed by atoms with Gasteiger partial charge in [-0.2, -0.15) is 4.98 Å². The van der Waals surface area contributed by atoms with Gasteiger partial charge < -0.3 is 5.32 Å². The summed E-state index contributed by atoms with van der Waals surface area (Å²) >= 11 is 1.21. The van der Waals surface area contributed by atoms with Gasteiger partial charge in [0.05, 0.1) is 17.2 Å². The number of nitrogens with one attached hydrogen (secondary N) is 1. The topological polar surface area (TPSA) is 120 Å². The maximum absolute atomic E-state index is 12.7. The van der Waals surface area contributed by atoms with Crippen LogP contribution in [0.5, 0.6) is 0 Å². The molecule has 1 amide bonds. The fraction of sp³-hybridized carbons (Fsp3) is 0.238. The van der Waals surface area contributed by atoms with Crippen LogP contribution in [0.2, 0.25) is 0 Å². The monoisotopic (exact) mass is 437 g/mol. The van der Waals surface area contributed by atoms with Gasteiger partial charge in [0.15, 0.2) is 0 Å². The lowest BCUT2D eigenvalue weighted by molar-refractivity contribution is -0.384. The van der Waals surface area contributed by atoms with Crippen LogP contribution < -0.4 is 11.0 Å². The highest BCUT2D eigenvalue weighted by Crippen LogP contribution is 2.29. The number of anilines is 1. The number of nitro groups is 1. The van der Waals surface area contributed by atoms with Crippen LogP contribution in [0, 0.1) is 10.1 Å². The summed E-state index contributed by atoms with van der Waals surface area (Å²) < 4.78 is 1.70. The zero-order valence-corrected chi connectivity index (χ0v) is 17.3. The molecule has 0 aliphatic heterocycles. The first-order valence-electron chi connectivity index (χ1n) is 9.70. The van der Waals surface area contributed by atoms with E-state index in [1.807, 2.05) is 12.1 Å². The summed E-state index contributed by atoms with van der Waals surface area (Å²) in [6, 6.07) is 9.50. The lowest BCUT2D eigenvalue weighted by Gasteiger charge is -2.14. The summed E-state index contributed by atoms with van der Waals surface area (Å²) in [5, 5.41) is 14.1. The van der Waals surface area contributed by atoms with Crippen LogP contribution in [-0.4, -0.2) is 31.1 Å². The molecule has 0 spiro atoms. The molecule has 0 saturated carbocycles. The van der Waals surface area contributed by atoms with Gasteiger partial charge in [-0.25, -0.2) is 4.79 Å². The smallest absolute Gasteiger partial charge is 0.325 e. The van der Waals surface area contributed by atoms with E-state index in [0.717, 1.165) is 36.1 Å². The first-order valence-corrected chi connectivity index (χ1v) is 10.7. The third-order valence-electron chi connectivity index (χ3n) is 4.97. The molecule has 31 heavy (non-hydrogen) atoms. The van der Waals surface area contributed by atoms with E-state index in [1.54, 1.807) is 23.0 Å². The van der Waals surface area contributed by atoms with E-state index in [-0.39, 0.29) is 23.0 Å². The Hall–Kier alpha value is -3.53. The summed E-state index contributed by atoms with van der Waals surface area (Å²) in [7, 11) is 0. The van der Waals surface area contributed by atoms with Crippen LogP contribution in [0.15, 0.2) is 58.6 Å². The van der Waals surface area contributed by atoms with E-state index in [0.29, 0.717) is 17.3 Å². The Kier molecular flexibility index (Phi) is 6.08. The van der Waals surface area contributed by atoms with Crippen LogP contribution in [0.25, 0.3) is 0 Å². The number of pyridine rings is 1. The quantitative estimate of drug-likeness (QED) is 0.261. The van der Waals surface area contributed by atoms with Crippen LogP contribution >= 0.6 is 11.8 Å². The van der Waals surface area contributed by atoms with Gasteiger partial charge >= 0.3 is 5.69 Å². The molecule has 3 aromatic rings. The number of carbonyl (C=O) groups excluding carboxylic acids is 1. The molecule has 0 atom stereocenters. The van der Waals surface area contributed by atoms with Crippen molar-refractivity contribution in [3.63, 3.8) is 0 Å². The van der Waals surface area contributed by atoms with E-state index >= 15 is 0 Å². The Morgan fingerprint density at radius 3 is 2.81 bits per heavy atom. The Balaban J connectivity index is 1.48. The summed E-state index contributed by atoms with van der Waals surface area (Å²) in [5.41, 5.74) is 2.89. The number of non-ortho nitro benzene ring substituents is 1. The highest BCUT2D eigenvalue weighted by Gasteiger charge is 2.22. The molecule has 4 rings (SSSR count). The average Bonchev–Trinajstić information content (AvgIpc) is 3.25. The number of aromatic nitrogens is 3. The van der Waals surface area contributed by atoms with Gasteiger partial charge in [-0.1, -0.05) is 17.8 Å². The first-order chi connectivity index (χ1) is 15.0. The summed E-state index contributed by atoms with van der Waals surface area (Å²) in [5.74, 6) is -0.268. The number of nitrogens with zero attached hydrogens (tertiary/aromatic N) is 4. The number of carbonyl (C=O) groups is 1. The zero-order chi connectivity index (χ0) is 21.8. The standard InChI is InChI=1S/C21H19N5O4S/c27-19(23-15-3-1-4-16(11-15)26(29)30)13-31-20-17-5-2-6-18(17)25(21(28)24-20)12-14-7-9-22-10-8-14/h1,3-4,7-11H,2,5-6,12-13H2,(H,23,27). The number of nitro benzene ring substituents is 1. The third-order valence-corrected chi connectivity index (χ3v) is 5.99. The largest absolute Gasteiger partial charge is 0.349 e. The highest BCUT2D eigenvalue weighted by molar-refractivity contribution is 8.00. The Labute approximate surface area is 181 Å². The van der Waals surface area contributed by atoms with Crippen LogP contribution in [0.4, 0.5) is 11.4 Å². The molecule has 158 valence electrons. The minimum atomic E-state index is -0.515. The molecule has 1 N–H and O–H groups in total. The number of thioether (sulfide) groups is 1. The van der Waals surface area contributed by atoms with Gasteiger partial charge in [0.2, 0.25) is 5.91 Å². The number of benzene rings is 1. The van der Waals surface area contributed by atoms with Crippen molar-refractivity contribution in [2.45, 2.75) is 30.8 Å². The lowest BCUT2D eigenvalue weighted by atomic mass is 10.2. The summed E-state index contributed by atoms with van der Waals surface area (Å²) in [6.45, 7) is 0.439. The fourth-order valence-electron chi connectivity index (χ4n) is 3.57. The minimum Gasteiger partial charge on any atom is -0.325 e. The van der Waals surface area contributed by atoms with Crippen LogP contribution in [0.3, 0.4) is 0 Å².